The summed E-state index contributed by atoms with van der Waals surface area (Å²) in [6.07, 6.45) is 4.69. The highest BCUT2D eigenvalue weighted by molar-refractivity contribution is 7.26. The smallest absolute Gasteiger partial charge is 0.254 e. The Morgan fingerprint density at radius 3 is 1.55 bits per heavy atom. The molecule has 4 heteroatoms. The van der Waals surface area contributed by atoms with Crippen molar-refractivity contribution in [2.75, 3.05) is 9.80 Å². The van der Waals surface area contributed by atoms with Crippen molar-refractivity contribution in [3.05, 3.63) is 148 Å². The van der Waals surface area contributed by atoms with Crippen molar-refractivity contribution < 1.29 is 0 Å². The summed E-state index contributed by atoms with van der Waals surface area (Å²) in [6.45, 7) is 36.5. The molecule has 2 aliphatic heterocycles. The van der Waals surface area contributed by atoms with Crippen LogP contribution in [0.4, 0.5) is 33.4 Å². The number of fused-ring (bicyclic) bond motifs is 8. The summed E-state index contributed by atoms with van der Waals surface area (Å²) < 4.78 is 1.35. The minimum atomic E-state index is -0.0264. The van der Waals surface area contributed by atoms with Crippen LogP contribution in [0.1, 0.15) is 162 Å². The number of benzene rings is 6. The Hall–Kier alpha value is -5.06. The molecule has 0 unspecified atom stereocenters. The van der Waals surface area contributed by atoms with E-state index >= 15 is 0 Å². The third-order valence-corrected chi connectivity index (χ3v) is 18.1. The SMILES string of the molecule is Cc1cc2c3c(c1)N(c1cc(C(C)(C)C)cc(C(C)(C)C)c1)c1sc4ccccc4c1B3c1cc3c(cc1N2c1cc2c(cc1-c1ccccc1)C(C)(C)CCC2(C)C)C(C)(C)CCC3(C)C. The summed E-state index contributed by atoms with van der Waals surface area (Å²) in [5, 5.41) is 2.72. The predicted octanol–water partition coefficient (Wildman–Crippen LogP) is 16.3. The van der Waals surface area contributed by atoms with Gasteiger partial charge >= 0.3 is 0 Å². The molecule has 0 fully saturated rings. The molecule has 3 heterocycles. The fourth-order valence-electron chi connectivity index (χ4n) is 12.4. The van der Waals surface area contributed by atoms with Crippen molar-refractivity contribution >= 4 is 78.0 Å². The van der Waals surface area contributed by atoms with E-state index in [1.54, 1.807) is 0 Å². The molecule has 0 bridgehead atoms. The molecular formula is C63H71BN2S. The summed E-state index contributed by atoms with van der Waals surface area (Å²) in [4.78, 5) is 5.46. The van der Waals surface area contributed by atoms with Gasteiger partial charge in [-0.2, -0.15) is 0 Å². The lowest BCUT2D eigenvalue weighted by Gasteiger charge is -2.48. The van der Waals surface area contributed by atoms with Crippen molar-refractivity contribution in [2.45, 2.75) is 162 Å². The molecule has 0 spiro atoms. The maximum Gasteiger partial charge on any atom is 0.254 e. The van der Waals surface area contributed by atoms with Gasteiger partial charge in [-0.15, -0.1) is 11.3 Å². The van der Waals surface area contributed by atoms with E-state index in [4.69, 9.17) is 0 Å². The van der Waals surface area contributed by atoms with E-state index in [1.807, 2.05) is 11.3 Å². The van der Waals surface area contributed by atoms with Crippen molar-refractivity contribution in [3.63, 3.8) is 0 Å². The number of hydrogen-bond acceptors (Lipinski definition) is 3. The molecule has 4 aliphatic rings. The molecule has 342 valence electrons. The van der Waals surface area contributed by atoms with Crippen LogP contribution in [0.3, 0.4) is 0 Å². The molecule has 1 aromatic heterocycles. The van der Waals surface area contributed by atoms with Gasteiger partial charge in [-0.25, -0.2) is 0 Å². The number of rotatable bonds is 3. The first-order chi connectivity index (χ1) is 31.4. The van der Waals surface area contributed by atoms with Gasteiger partial charge in [-0.05, 0) is 180 Å². The highest BCUT2D eigenvalue weighted by Gasteiger charge is 2.49. The molecule has 11 rings (SSSR count). The Morgan fingerprint density at radius 2 is 0.985 bits per heavy atom. The van der Waals surface area contributed by atoms with Crippen molar-refractivity contribution in [2.24, 2.45) is 0 Å². The minimum absolute atomic E-state index is 0.0264. The second-order valence-electron chi connectivity index (χ2n) is 25.7. The van der Waals surface area contributed by atoms with Gasteiger partial charge in [0.05, 0.1) is 10.7 Å². The molecule has 0 radical (unpaired) electrons. The van der Waals surface area contributed by atoms with Gasteiger partial charge in [-0.1, -0.05) is 158 Å². The van der Waals surface area contributed by atoms with Gasteiger partial charge in [0.1, 0.15) is 0 Å². The quantitative estimate of drug-likeness (QED) is 0.163. The summed E-state index contributed by atoms with van der Waals surface area (Å²) in [7, 11) is 0. The summed E-state index contributed by atoms with van der Waals surface area (Å²) >= 11 is 1.98. The van der Waals surface area contributed by atoms with Gasteiger partial charge < -0.3 is 9.80 Å². The zero-order chi connectivity index (χ0) is 47.5. The van der Waals surface area contributed by atoms with Crippen LogP contribution in [0.2, 0.25) is 0 Å². The minimum Gasteiger partial charge on any atom is -0.311 e. The lowest BCUT2D eigenvalue weighted by Crippen LogP contribution is -2.61. The summed E-state index contributed by atoms with van der Waals surface area (Å²) in [6, 6.07) is 43.8. The second kappa shape index (κ2) is 14.5. The third kappa shape index (κ3) is 6.84. The molecule has 7 aromatic rings. The number of nitrogens with zero attached hydrogens (tertiary/aromatic N) is 2. The van der Waals surface area contributed by atoms with E-state index in [9.17, 15) is 0 Å². The fourth-order valence-corrected chi connectivity index (χ4v) is 13.7. The molecule has 0 saturated heterocycles. The Bertz CT molecular complexity index is 3150. The number of aryl methyl sites for hydroxylation is 1. The maximum atomic E-state index is 2.76. The maximum absolute atomic E-state index is 2.76. The van der Waals surface area contributed by atoms with Crippen LogP contribution in [0, 0.1) is 6.92 Å². The lowest BCUT2D eigenvalue weighted by atomic mass is 9.33. The van der Waals surface area contributed by atoms with E-state index in [1.165, 1.54) is 136 Å². The monoisotopic (exact) mass is 899 g/mol. The second-order valence-corrected chi connectivity index (χ2v) is 26.7. The van der Waals surface area contributed by atoms with Crippen LogP contribution in [-0.4, -0.2) is 6.71 Å². The van der Waals surface area contributed by atoms with Crippen molar-refractivity contribution in [1.82, 2.24) is 0 Å². The van der Waals surface area contributed by atoms with Gasteiger partial charge in [-0.3, -0.25) is 0 Å². The molecular weight excluding hydrogens is 828 g/mol. The highest BCUT2D eigenvalue weighted by Crippen LogP contribution is 2.56. The lowest BCUT2D eigenvalue weighted by molar-refractivity contribution is 0.332. The van der Waals surface area contributed by atoms with Crippen LogP contribution in [-0.2, 0) is 32.5 Å². The largest absolute Gasteiger partial charge is 0.311 e. The number of hydrogen-bond donors (Lipinski definition) is 0. The molecule has 2 nitrogen and oxygen atoms in total. The summed E-state index contributed by atoms with van der Waals surface area (Å²) in [5.74, 6) is 0. The van der Waals surface area contributed by atoms with E-state index in [-0.39, 0.29) is 39.2 Å². The first-order valence-corrected chi connectivity index (χ1v) is 26.0. The van der Waals surface area contributed by atoms with Crippen LogP contribution >= 0.6 is 11.3 Å². The Labute approximate surface area is 406 Å². The fraction of sp³-hybridized carbons (Fsp3) is 0.397. The topological polar surface area (TPSA) is 6.48 Å². The van der Waals surface area contributed by atoms with E-state index < -0.39 is 0 Å². The first-order valence-electron chi connectivity index (χ1n) is 25.2. The zero-order valence-corrected chi connectivity index (χ0v) is 43.9. The van der Waals surface area contributed by atoms with Crippen LogP contribution in [0.5, 0.6) is 0 Å². The van der Waals surface area contributed by atoms with Crippen molar-refractivity contribution in [3.8, 4) is 11.1 Å². The van der Waals surface area contributed by atoms with Gasteiger partial charge in [0.15, 0.2) is 0 Å². The van der Waals surface area contributed by atoms with Gasteiger partial charge in [0.2, 0.25) is 0 Å². The molecule has 67 heavy (non-hydrogen) atoms. The normalized spacial score (nSPS) is 18.5. The van der Waals surface area contributed by atoms with Crippen LogP contribution in [0.15, 0.2) is 109 Å². The average molecular weight is 899 g/mol. The van der Waals surface area contributed by atoms with E-state index in [0.29, 0.717) is 0 Å². The summed E-state index contributed by atoms with van der Waals surface area (Å²) in [5.41, 5.74) is 23.5. The van der Waals surface area contributed by atoms with E-state index in [2.05, 4.69) is 223 Å². The Kier molecular flexibility index (Phi) is 9.61. The van der Waals surface area contributed by atoms with Crippen LogP contribution < -0.4 is 26.2 Å². The molecule has 2 aliphatic carbocycles. The van der Waals surface area contributed by atoms with Crippen LogP contribution in [0.25, 0.3) is 21.2 Å². The van der Waals surface area contributed by atoms with E-state index in [0.717, 1.165) is 0 Å². The molecule has 0 atom stereocenters. The average Bonchev–Trinajstić information content (AvgIpc) is 3.64. The molecule has 0 saturated carbocycles. The highest BCUT2D eigenvalue weighted by atomic mass is 32.1. The predicted molar refractivity (Wildman–Crippen MR) is 294 cm³/mol. The number of anilines is 6. The van der Waals surface area contributed by atoms with Gasteiger partial charge in [0, 0.05) is 33.0 Å². The first kappa shape index (κ1) is 44.5. The number of thiophene rings is 1. The molecule has 6 aromatic carbocycles. The van der Waals surface area contributed by atoms with Gasteiger partial charge in [0.25, 0.3) is 6.71 Å². The Balaban J connectivity index is 1.32. The zero-order valence-electron chi connectivity index (χ0n) is 43.1. The standard InChI is InChI=1S/C63H71BN2S/c1-38-29-52-56-53(30-38)66(50-36-47-45(60(8,9)25-27-62(47,12)13)34-44(50)39-21-17-16-18-22-39)51-37-48-46(61(10,11)26-28-63(48,14)15)35-49(51)64(56)55-43-23-19-20-24-54(43)67-57(55)65(52)42-32-40(58(2,3)4)31-41(33-42)59(5,6)7/h16-24,29-37H,25-28H2,1-15H3. The molecule has 0 amide bonds. The Morgan fingerprint density at radius 1 is 0.493 bits per heavy atom. The molecule has 0 N–H and O–H groups in total. The van der Waals surface area contributed by atoms with Crippen molar-refractivity contribution in [1.29, 1.82) is 0 Å². The third-order valence-electron chi connectivity index (χ3n) is 16.9.